The summed E-state index contributed by atoms with van der Waals surface area (Å²) in [6, 6.07) is 14.4. The minimum atomic E-state index is -1.28. The Balaban J connectivity index is 1.15. The molecule has 5 atom stereocenters. The smallest absolute Gasteiger partial charge is 0.410 e. The summed E-state index contributed by atoms with van der Waals surface area (Å²) < 4.78 is 36.4. The van der Waals surface area contributed by atoms with E-state index in [-0.39, 0.29) is 18.1 Å². The molecule has 3 aliphatic heterocycles. The van der Waals surface area contributed by atoms with Gasteiger partial charge in [-0.1, -0.05) is 48.6 Å². The molecule has 14 nitrogen and oxygen atoms in total. The highest BCUT2D eigenvalue weighted by Gasteiger charge is 2.53. The zero-order valence-electron chi connectivity index (χ0n) is 37.5. The lowest BCUT2D eigenvalue weighted by molar-refractivity contribution is -0.267. The molecule has 6 rings (SSSR count). The molecule has 0 radical (unpaired) electrons. The van der Waals surface area contributed by atoms with Gasteiger partial charge in [-0.3, -0.25) is 19.2 Å². The Morgan fingerprint density at radius 3 is 2.13 bits per heavy atom. The number of nitrogens with zero attached hydrogens (tertiary/aromatic N) is 3. The van der Waals surface area contributed by atoms with Crippen molar-refractivity contribution in [2.75, 3.05) is 39.3 Å². The number of aromatic nitrogens is 1. The average Bonchev–Trinajstić information content (AvgIpc) is 3.56. The standard InChI is InChI=1S/C48H63N3O11/c1-31-13-11-15-39-41(31)38(28-51(39)45-44(60-35(5)55)43(59-34(4)54)42(58-33(3)53)40(61-45)29-57-32(2)52)27-37-18-16-36(17-19-37)14-9-10-23-49-24-12-20-48(30-49)21-25-50(26-22-48)46(56)62-47(6,7)8/h9,11,13-19,28,40,42-45H,10,12,20-27,29-30H2,1-8H3. The Labute approximate surface area is 364 Å². The van der Waals surface area contributed by atoms with Crippen LogP contribution in [0.1, 0.15) is 109 Å². The molecule has 0 saturated carbocycles. The highest BCUT2D eigenvalue weighted by atomic mass is 16.7. The van der Waals surface area contributed by atoms with Gasteiger partial charge in [-0.15, -0.1) is 0 Å². The van der Waals surface area contributed by atoms with Gasteiger partial charge in [0.2, 0.25) is 0 Å². The number of esters is 4. The van der Waals surface area contributed by atoms with Gasteiger partial charge in [0.05, 0.1) is 5.52 Å². The first-order chi connectivity index (χ1) is 29.4. The van der Waals surface area contributed by atoms with E-state index in [2.05, 4.69) is 41.3 Å². The van der Waals surface area contributed by atoms with Crippen LogP contribution in [0, 0.1) is 12.3 Å². The zero-order chi connectivity index (χ0) is 44.8. The minimum absolute atomic E-state index is 0.204. The molecule has 0 aliphatic carbocycles. The monoisotopic (exact) mass is 857 g/mol. The Hall–Kier alpha value is -5.21. The largest absolute Gasteiger partial charge is 0.463 e. The van der Waals surface area contributed by atoms with Crippen LogP contribution in [0.15, 0.2) is 54.7 Å². The van der Waals surface area contributed by atoms with Crippen molar-refractivity contribution in [2.45, 2.75) is 130 Å². The maximum absolute atomic E-state index is 12.6. The summed E-state index contributed by atoms with van der Waals surface area (Å²) in [4.78, 5) is 66.3. The molecule has 4 heterocycles. The quantitative estimate of drug-likeness (QED) is 0.133. The van der Waals surface area contributed by atoms with Crippen LogP contribution >= 0.6 is 0 Å². The summed E-state index contributed by atoms with van der Waals surface area (Å²) in [7, 11) is 0. The number of rotatable bonds is 12. The van der Waals surface area contributed by atoms with Crippen molar-refractivity contribution in [3.8, 4) is 0 Å². The van der Waals surface area contributed by atoms with E-state index in [9.17, 15) is 24.0 Å². The third-order valence-electron chi connectivity index (χ3n) is 11.9. The molecule has 0 bridgehead atoms. The minimum Gasteiger partial charge on any atom is -0.463 e. The van der Waals surface area contributed by atoms with Crippen molar-refractivity contribution in [2.24, 2.45) is 5.41 Å². The second-order valence-electron chi connectivity index (χ2n) is 18.1. The van der Waals surface area contributed by atoms with Crippen LogP contribution in [0.25, 0.3) is 17.0 Å². The van der Waals surface area contributed by atoms with Gasteiger partial charge in [-0.05, 0) is 106 Å². The van der Waals surface area contributed by atoms with Crippen molar-refractivity contribution in [3.05, 3.63) is 77.0 Å². The van der Waals surface area contributed by atoms with Gasteiger partial charge in [0.25, 0.3) is 0 Å². The third kappa shape index (κ3) is 11.8. The fraction of sp³-hybridized carbons (Fsp3) is 0.562. The van der Waals surface area contributed by atoms with Crippen molar-refractivity contribution in [3.63, 3.8) is 0 Å². The van der Waals surface area contributed by atoms with Gasteiger partial charge in [0.15, 0.2) is 24.5 Å². The predicted octanol–water partition coefficient (Wildman–Crippen LogP) is 7.31. The van der Waals surface area contributed by atoms with Crippen LogP contribution in [-0.2, 0) is 54.0 Å². The summed E-state index contributed by atoms with van der Waals surface area (Å²) in [6.45, 7) is 17.0. The van der Waals surface area contributed by atoms with E-state index in [0.29, 0.717) is 6.42 Å². The van der Waals surface area contributed by atoms with Gasteiger partial charge in [-0.2, -0.15) is 0 Å². The summed E-state index contributed by atoms with van der Waals surface area (Å²) in [6.07, 6.45) is 6.21. The van der Waals surface area contributed by atoms with E-state index >= 15 is 0 Å². The Morgan fingerprint density at radius 2 is 1.48 bits per heavy atom. The van der Waals surface area contributed by atoms with E-state index in [1.807, 2.05) is 61.6 Å². The number of aryl methyl sites for hydroxylation is 1. The van der Waals surface area contributed by atoms with E-state index in [0.717, 1.165) is 85.1 Å². The second kappa shape index (κ2) is 19.9. The number of amides is 1. The number of carbonyl (C=O) groups excluding carboxylic acids is 5. The van der Waals surface area contributed by atoms with Gasteiger partial charge in [0.1, 0.15) is 18.3 Å². The molecule has 1 spiro atoms. The molecular weight excluding hydrogens is 795 g/mol. The molecular formula is C48H63N3O11. The zero-order valence-corrected chi connectivity index (χ0v) is 37.5. The van der Waals surface area contributed by atoms with Crippen molar-refractivity contribution < 1.29 is 52.4 Å². The summed E-state index contributed by atoms with van der Waals surface area (Å²) >= 11 is 0. The van der Waals surface area contributed by atoms with Gasteiger partial charge in [-0.25, -0.2) is 4.79 Å². The Morgan fingerprint density at radius 1 is 0.823 bits per heavy atom. The highest BCUT2D eigenvalue weighted by molar-refractivity contribution is 5.87. The Kier molecular flexibility index (Phi) is 14.8. The van der Waals surface area contributed by atoms with Crippen LogP contribution in [-0.4, -0.2) is 114 Å². The first-order valence-electron chi connectivity index (χ1n) is 21.8. The van der Waals surface area contributed by atoms with Crippen LogP contribution in [0.3, 0.4) is 0 Å². The van der Waals surface area contributed by atoms with Crippen molar-refractivity contribution in [1.29, 1.82) is 0 Å². The molecule has 1 aromatic heterocycles. The molecule has 3 fully saturated rings. The number of carbonyl (C=O) groups is 5. The number of hydrogen-bond acceptors (Lipinski definition) is 12. The number of ether oxygens (including phenoxy) is 6. The summed E-state index contributed by atoms with van der Waals surface area (Å²) in [5.41, 5.74) is 4.77. The molecule has 336 valence electrons. The maximum atomic E-state index is 12.6. The molecule has 2 aromatic carbocycles. The Bertz CT molecular complexity index is 2110. The number of fused-ring (bicyclic) bond motifs is 1. The third-order valence-corrected chi connectivity index (χ3v) is 11.9. The lowest BCUT2D eigenvalue weighted by Crippen LogP contribution is -2.60. The molecule has 62 heavy (non-hydrogen) atoms. The van der Waals surface area contributed by atoms with Gasteiger partial charge in [0, 0.05) is 65.5 Å². The van der Waals surface area contributed by atoms with Gasteiger partial charge >= 0.3 is 30.0 Å². The van der Waals surface area contributed by atoms with E-state index < -0.39 is 60.1 Å². The van der Waals surface area contributed by atoms with Gasteiger partial charge < -0.3 is 42.8 Å². The highest BCUT2D eigenvalue weighted by Crippen LogP contribution is 2.41. The lowest BCUT2D eigenvalue weighted by Gasteiger charge is -2.47. The summed E-state index contributed by atoms with van der Waals surface area (Å²) in [5, 5.41) is 0.984. The van der Waals surface area contributed by atoms with Crippen molar-refractivity contribution in [1.82, 2.24) is 14.4 Å². The number of benzene rings is 2. The topological polar surface area (TPSA) is 152 Å². The fourth-order valence-electron chi connectivity index (χ4n) is 9.20. The molecule has 5 unspecified atom stereocenters. The van der Waals surface area contributed by atoms with Crippen molar-refractivity contribution >= 4 is 46.9 Å². The predicted molar refractivity (Wildman–Crippen MR) is 232 cm³/mol. The lowest BCUT2D eigenvalue weighted by atomic mass is 9.72. The SMILES string of the molecule is CC(=O)OCC1OC(n2cc(Cc3ccc(C=CCCN4CCCC5(CCN(C(=O)OC(C)(C)C)CC5)C4)cc3)c3c(C)cccc32)C(OC(C)=O)C(OC(C)=O)C1OC(C)=O. The van der Waals surface area contributed by atoms with Crippen LogP contribution in [0.2, 0.25) is 0 Å². The fourth-order valence-corrected chi connectivity index (χ4v) is 9.20. The van der Waals surface area contributed by atoms with E-state index in [1.54, 1.807) is 0 Å². The average molecular weight is 858 g/mol. The first kappa shape index (κ1) is 46.3. The molecule has 3 aromatic rings. The molecule has 14 heteroatoms. The molecule has 1 amide bonds. The molecule has 0 N–H and O–H groups in total. The molecule has 3 aliphatic rings. The second-order valence-corrected chi connectivity index (χ2v) is 18.1. The first-order valence-corrected chi connectivity index (χ1v) is 21.8. The maximum Gasteiger partial charge on any atom is 0.410 e. The van der Waals surface area contributed by atoms with Crippen LogP contribution in [0.4, 0.5) is 4.79 Å². The number of likely N-dealkylation sites (tertiary alicyclic amines) is 2. The molecule has 3 saturated heterocycles. The normalized spacial score (nSPS) is 23.0. The van der Waals surface area contributed by atoms with Crippen LogP contribution < -0.4 is 0 Å². The van der Waals surface area contributed by atoms with E-state index in [4.69, 9.17) is 28.4 Å². The van der Waals surface area contributed by atoms with E-state index in [1.165, 1.54) is 40.5 Å². The van der Waals surface area contributed by atoms with Crippen LogP contribution in [0.5, 0.6) is 0 Å². The number of piperidine rings is 2. The number of hydrogen-bond donors (Lipinski definition) is 0. The summed E-state index contributed by atoms with van der Waals surface area (Å²) in [5.74, 6) is -2.60.